The third-order valence-corrected chi connectivity index (χ3v) is 1.12. The molecule has 0 bridgehead atoms. The van der Waals surface area contributed by atoms with E-state index in [1.165, 1.54) is 0 Å². The maximum atomic E-state index is 5.04. The zero-order valence-electron chi connectivity index (χ0n) is 5.49. The van der Waals surface area contributed by atoms with Gasteiger partial charge in [-0.15, -0.1) is 0 Å². The number of halogens is 1. The number of allylic oxidation sites excluding steroid dienone is 1. The minimum absolute atomic E-state index is 0.0399. The Morgan fingerprint density at radius 2 is 1.88 bits per heavy atom. The molecule has 2 heteroatoms. The molecule has 0 rings (SSSR count). The molecule has 0 aromatic heterocycles. The van der Waals surface area contributed by atoms with Crippen molar-refractivity contribution in [2.24, 2.45) is 5.41 Å². The minimum Gasteiger partial charge on any atom is -0.390 e. The average Bonchev–Trinajstić information content (AvgIpc) is 1.62. The molecule has 0 aromatic carbocycles. The Morgan fingerprint density at radius 3 is 1.88 bits per heavy atom. The van der Waals surface area contributed by atoms with Crippen molar-refractivity contribution >= 4 is 11.9 Å². The van der Waals surface area contributed by atoms with E-state index in [0.29, 0.717) is 5.76 Å². The summed E-state index contributed by atoms with van der Waals surface area (Å²) in [5, 5.41) is 0. The van der Waals surface area contributed by atoms with Gasteiger partial charge in [0.25, 0.3) is 0 Å². The lowest BCUT2D eigenvalue weighted by Crippen LogP contribution is -2.07. The van der Waals surface area contributed by atoms with Gasteiger partial charge in [-0.25, -0.2) is 0 Å². The maximum absolute atomic E-state index is 5.04. The van der Waals surface area contributed by atoms with E-state index in [-0.39, 0.29) is 5.41 Å². The molecule has 0 fully saturated rings. The Bertz CT molecular complexity index is 91.2. The molecular formula is C6H11ClO. The van der Waals surface area contributed by atoms with Crippen LogP contribution in [0.3, 0.4) is 0 Å². The monoisotopic (exact) mass is 134 g/mol. The van der Waals surface area contributed by atoms with Crippen LogP contribution in [0.2, 0.25) is 0 Å². The summed E-state index contributed by atoms with van der Waals surface area (Å²) >= 11 is 5.04. The molecule has 0 saturated heterocycles. The maximum Gasteiger partial charge on any atom is 0.134 e. The lowest BCUT2D eigenvalue weighted by molar-refractivity contribution is 0.317. The molecule has 48 valence electrons. The molecule has 0 saturated carbocycles. The van der Waals surface area contributed by atoms with E-state index in [2.05, 4.69) is 10.9 Å². The predicted octanol–water partition coefficient (Wildman–Crippen LogP) is 2.72. The van der Waals surface area contributed by atoms with E-state index >= 15 is 0 Å². The van der Waals surface area contributed by atoms with Gasteiger partial charge in [0.1, 0.15) is 17.6 Å². The van der Waals surface area contributed by atoms with Crippen molar-refractivity contribution in [3.8, 4) is 0 Å². The summed E-state index contributed by atoms with van der Waals surface area (Å²) in [7, 11) is 0. The summed E-state index contributed by atoms with van der Waals surface area (Å²) in [6.07, 6.45) is 0. The smallest absolute Gasteiger partial charge is 0.134 e. The van der Waals surface area contributed by atoms with Gasteiger partial charge >= 0.3 is 0 Å². The topological polar surface area (TPSA) is 9.23 Å². The van der Waals surface area contributed by atoms with Crippen LogP contribution in [0.25, 0.3) is 0 Å². The molecule has 1 nitrogen and oxygen atoms in total. The average molecular weight is 135 g/mol. The van der Waals surface area contributed by atoms with Crippen molar-refractivity contribution in [3.05, 3.63) is 12.3 Å². The molecule has 0 N–H and O–H groups in total. The van der Waals surface area contributed by atoms with Crippen molar-refractivity contribution in [3.63, 3.8) is 0 Å². The Morgan fingerprint density at radius 1 is 1.50 bits per heavy atom. The third kappa shape index (κ3) is 2.22. The molecule has 0 aliphatic carbocycles. The molecule has 8 heavy (non-hydrogen) atoms. The first-order chi connectivity index (χ1) is 3.48. The predicted molar refractivity (Wildman–Crippen MR) is 35.5 cm³/mol. The summed E-state index contributed by atoms with van der Waals surface area (Å²) in [6, 6.07) is 0. The van der Waals surface area contributed by atoms with Crippen LogP contribution in [0.4, 0.5) is 0 Å². The molecular weight excluding hydrogens is 124 g/mol. The zero-order chi connectivity index (χ0) is 6.78. The Hall–Kier alpha value is -0.170. The standard InChI is InChI=1S/C6H11ClO/c1-5(8-7)6(2,3)4/h1H2,2-4H3. The van der Waals surface area contributed by atoms with Gasteiger partial charge in [-0.3, -0.25) is 0 Å². The van der Waals surface area contributed by atoms with Gasteiger partial charge in [-0.1, -0.05) is 27.4 Å². The fraction of sp³-hybridized carbons (Fsp3) is 0.667. The molecule has 0 radical (unpaired) electrons. The summed E-state index contributed by atoms with van der Waals surface area (Å²) < 4.78 is 4.39. The van der Waals surface area contributed by atoms with E-state index in [1.807, 2.05) is 20.8 Å². The normalized spacial score (nSPS) is 11.0. The highest BCUT2D eigenvalue weighted by molar-refractivity contribution is 6.08. The first-order valence-corrected chi connectivity index (χ1v) is 2.77. The molecule has 0 aliphatic rings. The van der Waals surface area contributed by atoms with Crippen LogP contribution >= 0.6 is 11.9 Å². The van der Waals surface area contributed by atoms with Crippen LogP contribution in [0.1, 0.15) is 20.8 Å². The van der Waals surface area contributed by atoms with Crippen LogP contribution in [0.15, 0.2) is 12.3 Å². The molecule has 0 aromatic rings. The second-order valence-electron chi connectivity index (χ2n) is 2.75. The number of hydrogen-bond acceptors (Lipinski definition) is 1. The first kappa shape index (κ1) is 7.83. The van der Waals surface area contributed by atoms with Gasteiger partial charge in [0, 0.05) is 5.41 Å². The van der Waals surface area contributed by atoms with Crippen LogP contribution in [-0.4, -0.2) is 0 Å². The highest BCUT2D eigenvalue weighted by atomic mass is 35.5. The minimum atomic E-state index is -0.0399. The van der Waals surface area contributed by atoms with Crippen LogP contribution in [0.5, 0.6) is 0 Å². The molecule has 0 heterocycles. The highest BCUT2D eigenvalue weighted by Gasteiger charge is 2.15. The Labute approximate surface area is 55.5 Å². The van der Waals surface area contributed by atoms with Gasteiger partial charge in [-0.05, 0) is 0 Å². The van der Waals surface area contributed by atoms with Crippen LogP contribution < -0.4 is 0 Å². The molecule has 0 spiro atoms. The van der Waals surface area contributed by atoms with Gasteiger partial charge < -0.3 is 4.29 Å². The van der Waals surface area contributed by atoms with Gasteiger partial charge in [0.15, 0.2) is 0 Å². The van der Waals surface area contributed by atoms with E-state index in [1.54, 1.807) is 0 Å². The van der Waals surface area contributed by atoms with Crippen LogP contribution in [-0.2, 0) is 4.29 Å². The third-order valence-electron chi connectivity index (χ3n) is 0.930. The van der Waals surface area contributed by atoms with E-state index in [4.69, 9.17) is 11.9 Å². The van der Waals surface area contributed by atoms with Gasteiger partial charge in [-0.2, -0.15) is 0 Å². The lowest BCUT2D eigenvalue weighted by Gasteiger charge is -2.16. The SMILES string of the molecule is C=C(OCl)C(C)(C)C. The fourth-order valence-corrected chi connectivity index (χ4v) is 0.347. The fourth-order valence-electron chi connectivity index (χ4n) is 0.116. The molecule has 0 amide bonds. The summed E-state index contributed by atoms with van der Waals surface area (Å²) in [4.78, 5) is 0. The molecule has 0 aliphatic heterocycles. The van der Waals surface area contributed by atoms with E-state index < -0.39 is 0 Å². The largest absolute Gasteiger partial charge is 0.390 e. The van der Waals surface area contributed by atoms with Crippen molar-refractivity contribution in [1.29, 1.82) is 0 Å². The Balaban J connectivity index is 3.82. The number of hydrogen-bond donors (Lipinski definition) is 0. The van der Waals surface area contributed by atoms with Crippen molar-refractivity contribution < 1.29 is 4.29 Å². The zero-order valence-corrected chi connectivity index (χ0v) is 6.25. The Kier molecular flexibility index (Phi) is 2.35. The lowest BCUT2D eigenvalue weighted by atomic mass is 9.95. The second-order valence-corrected chi connectivity index (χ2v) is 2.90. The molecule has 0 unspecified atom stereocenters. The highest BCUT2D eigenvalue weighted by Crippen LogP contribution is 2.24. The van der Waals surface area contributed by atoms with E-state index in [9.17, 15) is 0 Å². The molecule has 0 atom stereocenters. The number of rotatable bonds is 1. The summed E-state index contributed by atoms with van der Waals surface area (Å²) in [5.41, 5.74) is -0.0399. The van der Waals surface area contributed by atoms with Crippen molar-refractivity contribution in [1.82, 2.24) is 0 Å². The van der Waals surface area contributed by atoms with Gasteiger partial charge in [0.05, 0.1) is 0 Å². The van der Waals surface area contributed by atoms with Crippen molar-refractivity contribution in [2.75, 3.05) is 0 Å². The van der Waals surface area contributed by atoms with Crippen LogP contribution in [0, 0.1) is 5.41 Å². The summed E-state index contributed by atoms with van der Waals surface area (Å²) in [6.45, 7) is 9.54. The summed E-state index contributed by atoms with van der Waals surface area (Å²) in [5.74, 6) is 0.596. The quantitative estimate of drug-likeness (QED) is 0.501. The van der Waals surface area contributed by atoms with Gasteiger partial charge in [0.2, 0.25) is 0 Å². The van der Waals surface area contributed by atoms with Crippen molar-refractivity contribution in [2.45, 2.75) is 20.8 Å². The van der Waals surface area contributed by atoms with E-state index in [0.717, 1.165) is 0 Å². The first-order valence-electron chi connectivity index (χ1n) is 2.46. The second kappa shape index (κ2) is 2.40.